The first-order valence-corrected chi connectivity index (χ1v) is 6.67. The third-order valence-corrected chi connectivity index (χ3v) is 3.03. The van der Waals surface area contributed by atoms with E-state index in [4.69, 9.17) is 9.57 Å². The number of nitrogens with one attached hydrogen (secondary N) is 1. The summed E-state index contributed by atoms with van der Waals surface area (Å²) in [7, 11) is 0. The van der Waals surface area contributed by atoms with Crippen LogP contribution in [0.5, 0.6) is 0 Å². The summed E-state index contributed by atoms with van der Waals surface area (Å²) >= 11 is 0. The predicted molar refractivity (Wildman–Crippen MR) is 74.9 cm³/mol. The molecule has 0 radical (unpaired) electrons. The number of oxime groups is 1. The summed E-state index contributed by atoms with van der Waals surface area (Å²) in [6.07, 6.45) is 0.803. The van der Waals surface area contributed by atoms with Crippen molar-refractivity contribution in [1.82, 2.24) is 9.55 Å². The molecule has 1 aromatic rings. The molecule has 0 unspecified atom stereocenters. The number of rotatable bonds is 5. The largest absolute Gasteiger partial charge is 0.461 e. The van der Waals surface area contributed by atoms with Gasteiger partial charge in [-0.05, 0) is 13.8 Å². The van der Waals surface area contributed by atoms with Crippen molar-refractivity contribution in [2.45, 2.75) is 32.9 Å². The molecule has 118 valence electrons. The number of H-pyrrole nitrogens is 1. The summed E-state index contributed by atoms with van der Waals surface area (Å²) in [5.41, 5.74) is -1.38. The minimum Gasteiger partial charge on any atom is -0.461 e. The van der Waals surface area contributed by atoms with Gasteiger partial charge in [-0.25, -0.2) is 9.59 Å². The summed E-state index contributed by atoms with van der Waals surface area (Å²) in [6, 6.07) is 0. The molecule has 2 rings (SSSR count). The average Bonchev–Trinajstić information content (AvgIpc) is 2.90. The highest BCUT2D eigenvalue weighted by Crippen LogP contribution is 2.13. The number of carbonyl (C=O) groups is 2. The minimum absolute atomic E-state index is 0.0439. The highest BCUT2D eigenvalue weighted by molar-refractivity contribution is 6.36. The number of nitrogens with zero attached hydrogens (tertiary/aromatic N) is 2. The van der Waals surface area contributed by atoms with Gasteiger partial charge in [0.1, 0.15) is 0 Å². The third kappa shape index (κ3) is 3.30. The van der Waals surface area contributed by atoms with Crippen molar-refractivity contribution in [3.63, 3.8) is 0 Å². The van der Waals surface area contributed by atoms with Crippen LogP contribution < -0.4 is 11.2 Å². The Labute approximate surface area is 124 Å². The van der Waals surface area contributed by atoms with Crippen molar-refractivity contribution in [2.24, 2.45) is 5.16 Å². The highest BCUT2D eigenvalue weighted by atomic mass is 16.6. The van der Waals surface area contributed by atoms with E-state index in [1.807, 2.05) is 0 Å². The Morgan fingerprint density at radius 3 is 2.86 bits per heavy atom. The second-order valence-corrected chi connectivity index (χ2v) is 4.70. The molecular formula is C13H15N3O6. The van der Waals surface area contributed by atoms with Crippen molar-refractivity contribution >= 4 is 17.5 Å². The average molecular weight is 309 g/mol. The number of hydrogen-bond acceptors (Lipinski definition) is 7. The van der Waals surface area contributed by atoms with Gasteiger partial charge < -0.3 is 9.57 Å². The van der Waals surface area contributed by atoms with E-state index >= 15 is 0 Å². The first-order chi connectivity index (χ1) is 10.4. The first kappa shape index (κ1) is 15.7. The Bertz CT molecular complexity index is 745. The number of hydrogen-bond donors (Lipinski definition) is 1. The number of aromatic amines is 1. The topological polar surface area (TPSA) is 120 Å². The minimum atomic E-state index is -0.732. The molecule has 0 saturated heterocycles. The summed E-state index contributed by atoms with van der Waals surface area (Å²) in [4.78, 5) is 53.2. The van der Waals surface area contributed by atoms with Gasteiger partial charge in [0.25, 0.3) is 5.56 Å². The number of esters is 1. The summed E-state index contributed by atoms with van der Waals surface area (Å²) in [5, 5.41) is 3.62. The maximum absolute atomic E-state index is 11.7. The highest BCUT2D eigenvalue weighted by Gasteiger charge is 2.27. The Morgan fingerprint density at radius 1 is 1.50 bits per heavy atom. The molecule has 22 heavy (non-hydrogen) atoms. The van der Waals surface area contributed by atoms with Gasteiger partial charge in [0.2, 0.25) is 0 Å². The Morgan fingerprint density at radius 2 is 2.23 bits per heavy atom. The predicted octanol–water partition coefficient (Wildman–Crippen LogP) is -0.553. The van der Waals surface area contributed by atoms with Crippen molar-refractivity contribution in [3.8, 4) is 0 Å². The van der Waals surface area contributed by atoms with Gasteiger partial charge in [0.15, 0.2) is 17.6 Å². The van der Waals surface area contributed by atoms with E-state index in [0.29, 0.717) is 0 Å². The number of ketones is 1. The molecule has 0 amide bonds. The van der Waals surface area contributed by atoms with E-state index in [9.17, 15) is 19.2 Å². The Kier molecular flexibility index (Phi) is 4.54. The SMILES string of the molecule is CCOC(=O)C1=NO[C@H](Cn2cc(C(C)=O)c(=O)[nH]c2=O)C1. The molecule has 0 bridgehead atoms. The van der Waals surface area contributed by atoms with Crippen LogP contribution >= 0.6 is 0 Å². The molecule has 1 aliphatic rings. The zero-order valence-electron chi connectivity index (χ0n) is 12.1. The van der Waals surface area contributed by atoms with Gasteiger partial charge in [-0.3, -0.25) is 19.1 Å². The summed E-state index contributed by atoms with van der Waals surface area (Å²) < 4.78 is 5.95. The van der Waals surface area contributed by atoms with Crippen molar-refractivity contribution in [2.75, 3.05) is 6.61 Å². The lowest BCUT2D eigenvalue weighted by Crippen LogP contribution is -2.35. The van der Waals surface area contributed by atoms with Crippen LogP contribution in [0.4, 0.5) is 0 Å². The summed E-state index contributed by atoms with van der Waals surface area (Å²) in [6.45, 7) is 3.18. The van der Waals surface area contributed by atoms with Gasteiger partial charge in [0.05, 0.1) is 18.7 Å². The van der Waals surface area contributed by atoms with Crippen LogP contribution in [-0.2, 0) is 20.9 Å². The molecule has 2 heterocycles. The molecule has 0 spiro atoms. The first-order valence-electron chi connectivity index (χ1n) is 6.67. The van der Waals surface area contributed by atoms with E-state index in [1.54, 1.807) is 6.92 Å². The Hall–Kier alpha value is -2.71. The fourth-order valence-electron chi connectivity index (χ4n) is 1.98. The molecule has 1 N–H and O–H groups in total. The van der Waals surface area contributed by atoms with Crippen molar-refractivity contribution < 1.29 is 19.2 Å². The van der Waals surface area contributed by atoms with Crippen LogP contribution in [0.3, 0.4) is 0 Å². The van der Waals surface area contributed by atoms with E-state index in [1.165, 1.54) is 13.1 Å². The molecular weight excluding hydrogens is 294 g/mol. The molecule has 9 heteroatoms. The zero-order chi connectivity index (χ0) is 16.3. The van der Waals surface area contributed by atoms with Crippen LogP contribution in [0.2, 0.25) is 0 Å². The number of aromatic nitrogens is 2. The van der Waals surface area contributed by atoms with Crippen molar-refractivity contribution in [3.05, 3.63) is 32.6 Å². The van der Waals surface area contributed by atoms with E-state index in [-0.39, 0.29) is 30.8 Å². The maximum atomic E-state index is 11.7. The van der Waals surface area contributed by atoms with Gasteiger partial charge in [-0.15, -0.1) is 0 Å². The van der Waals surface area contributed by atoms with Gasteiger partial charge in [-0.2, -0.15) is 0 Å². The maximum Gasteiger partial charge on any atom is 0.356 e. The fourth-order valence-corrected chi connectivity index (χ4v) is 1.98. The van der Waals surface area contributed by atoms with E-state index in [0.717, 1.165) is 4.57 Å². The summed E-state index contributed by atoms with van der Waals surface area (Å²) in [5.74, 6) is -1.02. The fraction of sp³-hybridized carbons (Fsp3) is 0.462. The quantitative estimate of drug-likeness (QED) is 0.575. The lowest BCUT2D eigenvalue weighted by atomic mass is 10.2. The zero-order valence-corrected chi connectivity index (χ0v) is 12.1. The molecule has 0 saturated carbocycles. The van der Waals surface area contributed by atoms with Gasteiger partial charge in [-0.1, -0.05) is 5.16 Å². The number of ether oxygens (including phenoxy) is 1. The van der Waals surface area contributed by atoms with E-state index in [2.05, 4.69) is 10.1 Å². The monoisotopic (exact) mass is 309 g/mol. The molecule has 9 nitrogen and oxygen atoms in total. The van der Waals surface area contributed by atoms with Crippen LogP contribution in [0.15, 0.2) is 20.9 Å². The number of Topliss-reactive ketones (excluding diaryl/α,β-unsaturated/α-hetero) is 1. The molecule has 1 aromatic heterocycles. The molecule has 0 aromatic carbocycles. The van der Waals surface area contributed by atoms with Gasteiger partial charge in [0, 0.05) is 12.6 Å². The lowest BCUT2D eigenvalue weighted by molar-refractivity contribution is -0.135. The molecule has 0 aliphatic carbocycles. The second-order valence-electron chi connectivity index (χ2n) is 4.70. The molecule has 0 fully saturated rings. The number of carbonyl (C=O) groups excluding carboxylic acids is 2. The van der Waals surface area contributed by atoms with Crippen LogP contribution in [-0.4, -0.2) is 39.7 Å². The lowest BCUT2D eigenvalue weighted by Gasteiger charge is -2.10. The Balaban J connectivity index is 2.12. The smallest absolute Gasteiger partial charge is 0.356 e. The third-order valence-electron chi connectivity index (χ3n) is 3.03. The van der Waals surface area contributed by atoms with Gasteiger partial charge >= 0.3 is 11.7 Å². The van der Waals surface area contributed by atoms with E-state index < -0.39 is 29.1 Å². The second kappa shape index (κ2) is 6.37. The normalized spacial score (nSPS) is 16.8. The van der Waals surface area contributed by atoms with Crippen molar-refractivity contribution in [1.29, 1.82) is 0 Å². The van der Waals surface area contributed by atoms with Crippen LogP contribution in [0, 0.1) is 0 Å². The molecule has 1 aliphatic heterocycles. The standard InChI is InChI=1S/C13H15N3O6/c1-3-21-12(19)10-4-8(22-15-10)5-16-6-9(7(2)17)11(18)14-13(16)20/h6,8H,3-5H2,1-2H3,(H,14,18,20)/t8-/m0/s1. The molecule has 1 atom stereocenters. The van der Waals surface area contributed by atoms with Crippen LogP contribution in [0.1, 0.15) is 30.6 Å². The van der Waals surface area contributed by atoms with Crippen LogP contribution in [0.25, 0.3) is 0 Å².